The monoisotopic (exact) mass is 220 g/mol. The van der Waals surface area contributed by atoms with Crippen LogP contribution in [0.5, 0.6) is 0 Å². The molecule has 1 saturated heterocycles. The van der Waals surface area contributed by atoms with Crippen LogP contribution in [-0.4, -0.2) is 49.7 Å². The molecule has 1 aliphatic heterocycles. The van der Waals surface area contributed by atoms with Gasteiger partial charge in [-0.1, -0.05) is 0 Å². The second kappa shape index (κ2) is 4.70. The summed E-state index contributed by atoms with van der Waals surface area (Å²) in [6, 6.07) is 2.71. The molecular formula is C12H20N4. The van der Waals surface area contributed by atoms with Crippen molar-refractivity contribution in [2.24, 2.45) is 0 Å². The summed E-state index contributed by atoms with van der Waals surface area (Å²) in [6.07, 6.45) is 3.80. The lowest BCUT2D eigenvalue weighted by Crippen LogP contribution is -2.50. The number of aromatic nitrogens is 1. The largest absolute Gasteiger partial charge is 0.387 e. The first kappa shape index (κ1) is 11.2. The summed E-state index contributed by atoms with van der Waals surface area (Å²) in [5.41, 5.74) is 2.29. The molecule has 0 saturated carbocycles. The molecule has 1 aliphatic rings. The molecule has 0 spiro atoms. The predicted molar refractivity (Wildman–Crippen MR) is 68.1 cm³/mol. The molecule has 0 radical (unpaired) electrons. The first-order valence-corrected chi connectivity index (χ1v) is 5.78. The fourth-order valence-corrected chi connectivity index (χ4v) is 2.24. The van der Waals surface area contributed by atoms with Crippen molar-refractivity contribution in [3.63, 3.8) is 0 Å². The summed E-state index contributed by atoms with van der Waals surface area (Å²) in [5, 5.41) is 3.13. The van der Waals surface area contributed by atoms with Crippen molar-refractivity contribution in [1.29, 1.82) is 0 Å². The van der Waals surface area contributed by atoms with E-state index in [0.717, 1.165) is 25.3 Å². The van der Waals surface area contributed by atoms with Crippen LogP contribution in [-0.2, 0) is 0 Å². The molecule has 0 amide bonds. The maximum Gasteiger partial charge on any atom is 0.0576 e. The normalized spacial score (nSPS) is 22.2. The van der Waals surface area contributed by atoms with E-state index in [9.17, 15) is 0 Å². The van der Waals surface area contributed by atoms with Gasteiger partial charge in [0.05, 0.1) is 23.8 Å². The van der Waals surface area contributed by atoms with Gasteiger partial charge in [-0.25, -0.2) is 0 Å². The van der Waals surface area contributed by atoms with Crippen molar-refractivity contribution < 1.29 is 0 Å². The zero-order valence-corrected chi connectivity index (χ0v) is 10.3. The number of hydrogen-bond acceptors (Lipinski definition) is 4. The van der Waals surface area contributed by atoms with Crippen molar-refractivity contribution >= 4 is 11.4 Å². The molecule has 88 valence electrons. The summed E-state index contributed by atoms with van der Waals surface area (Å²) in [7, 11) is 4.10. The maximum atomic E-state index is 4.27. The Balaban J connectivity index is 2.16. The summed E-state index contributed by atoms with van der Waals surface area (Å²) in [6.45, 7) is 5.58. The minimum Gasteiger partial charge on any atom is -0.387 e. The second-order valence-electron chi connectivity index (χ2n) is 4.49. The first-order chi connectivity index (χ1) is 7.70. The maximum absolute atomic E-state index is 4.27. The molecule has 1 aromatic rings. The van der Waals surface area contributed by atoms with Crippen molar-refractivity contribution in [2.75, 3.05) is 43.9 Å². The Labute approximate surface area is 97.3 Å². The molecule has 1 atom stereocenters. The van der Waals surface area contributed by atoms with Crippen LogP contribution in [0, 0.1) is 0 Å². The van der Waals surface area contributed by atoms with Crippen LogP contribution in [0.1, 0.15) is 6.92 Å². The molecule has 4 heteroatoms. The molecule has 0 bridgehead atoms. The molecule has 1 N–H and O–H groups in total. The van der Waals surface area contributed by atoms with Crippen LogP contribution in [0.25, 0.3) is 0 Å². The lowest BCUT2D eigenvalue weighted by atomic mass is 10.2. The number of anilines is 2. The van der Waals surface area contributed by atoms with E-state index in [4.69, 9.17) is 0 Å². The lowest BCUT2D eigenvalue weighted by Gasteiger charge is -2.39. The molecule has 2 rings (SSSR count). The molecule has 16 heavy (non-hydrogen) atoms. The zero-order chi connectivity index (χ0) is 11.5. The van der Waals surface area contributed by atoms with Gasteiger partial charge < -0.3 is 15.1 Å². The number of rotatable bonds is 2. The number of piperazine rings is 1. The highest BCUT2D eigenvalue weighted by Crippen LogP contribution is 2.21. The van der Waals surface area contributed by atoms with E-state index in [0.29, 0.717) is 6.04 Å². The van der Waals surface area contributed by atoms with Crippen molar-refractivity contribution in [2.45, 2.75) is 13.0 Å². The Morgan fingerprint density at radius 1 is 1.38 bits per heavy atom. The van der Waals surface area contributed by atoms with E-state index in [-0.39, 0.29) is 0 Å². The number of nitrogens with zero attached hydrogens (tertiary/aromatic N) is 3. The van der Waals surface area contributed by atoms with Gasteiger partial charge in [0, 0.05) is 32.7 Å². The van der Waals surface area contributed by atoms with Crippen molar-refractivity contribution in [3.05, 3.63) is 18.5 Å². The average molecular weight is 220 g/mol. The van der Waals surface area contributed by atoms with Crippen LogP contribution < -0.4 is 10.2 Å². The van der Waals surface area contributed by atoms with Gasteiger partial charge in [-0.3, -0.25) is 4.98 Å². The van der Waals surface area contributed by atoms with Gasteiger partial charge >= 0.3 is 0 Å². The van der Waals surface area contributed by atoms with Gasteiger partial charge in [0.1, 0.15) is 0 Å². The van der Waals surface area contributed by atoms with Gasteiger partial charge in [0.15, 0.2) is 0 Å². The average Bonchev–Trinajstić information content (AvgIpc) is 2.29. The standard InChI is InChI=1S/C12H20N4/c1-10-9-15(3)4-5-16(10)12-6-11(13-2)7-14-8-12/h6-8,10,13H,4-5,9H2,1-3H3. The van der Waals surface area contributed by atoms with Crippen molar-refractivity contribution in [3.8, 4) is 0 Å². The molecule has 2 heterocycles. The number of likely N-dealkylation sites (N-methyl/N-ethyl adjacent to an activating group) is 1. The second-order valence-corrected chi connectivity index (χ2v) is 4.49. The zero-order valence-electron chi connectivity index (χ0n) is 10.3. The van der Waals surface area contributed by atoms with Crippen LogP contribution in [0.3, 0.4) is 0 Å². The Bertz CT molecular complexity index is 353. The third-order valence-corrected chi connectivity index (χ3v) is 3.17. The fourth-order valence-electron chi connectivity index (χ4n) is 2.24. The van der Waals surface area contributed by atoms with E-state index in [1.165, 1.54) is 5.69 Å². The quantitative estimate of drug-likeness (QED) is 0.813. The lowest BCUT2D eigenvalue weighted by molar-refractivity contribution is 0.275. The summed E-state index contributed by atoms with van der Waals surface area (Å²) in [4.78, 5) is 9.06. The van der Waals surface area contributed by atoms with Crippen LogP contribution in [0.4, 0.5) is 11.4 Å². The SMILES string of the molecule is CNc1cncc(N2CCN(C)CC2C)c1. The van der Waals surface area contributed by atoms with E-state index < -0.39 is 0 Å². The summed E-state index contributed by atoms with van der Waals surface area (Å²) >= 11 is 0. The van der Waals surface area contributed by atoms with E-state index >= 15 is 0 Å². The highest BCUT2D eigenvalue weighted by molar-refractivity contribution is 5.56. The van der Waals surface area contributed by atoms with Gasteiger partial charge in [0.2, 0.25) is 0 Å². The molecule has 0 aromatic carbocycles. The Kier molecular flexibility index (Phi) is 3.29. The Morgan fingerprint density at radius 3 is 2.88 bits per heavy atom. The van der Waals surface area contributed by atoms with Gasteiger partial charge in [-0.2, -0.15) is 0 Å². The van der Waals surface area contributed by atoms with Crippen molar-refractivity contribution in [1.82, 2.24) is 9.88 Å². The molecular weight excluding hydrogens is 200 g/mol. The smallest absolute Gasteiger partial charge is 0.0576 e. The number of nitrogens with one attached hydrogen (secondary N) is 1. The minimum atomic E-state index is 0.549. The van der Waals surface area contributed by atoms with Crippen LogP contribution in [0.15, 0.2) is 18.5 Å². The Morgan fingerprint density at radius 2 is 2.19 bits per heavy atom. The number of hydrogen-bond donors (Lipinski definition) is 1. The first-order valence-electron chi connectivity index (χ1n) is 5.78. The fraction of sp³-hybridized carbons (Fsp3) is 0.583. The Hall–Kier alpha value is -1.29. The van der Waals surface area contributed by atoms with E-state index in [2.05, 4.69) is 40.1 Å². The predicted octanol–water partition coefficient (Wildman–Crippen LogP) is 1.26. The third-order valence-electron chi connectivity index (χ3n) is 3.17. The molecule has 1 fully saturated rings. The van der Waals surface area contributed by atoms with E-state index in [1.54, 1.807) is 0 Å². The van der Waals surface area contributed by atoms with Gasteiger partial charge in [0.25, 0.3) is 0 Å². The number of pyridine rings is 1. The van der Waals surface area contributed by atoms with Gasteiger partial charge in [-0.15, -0.1) is 0 Å². The summed E-state index contributed by atoms with van der Waals surface area (Å²) < 4.78 is 0. The topological polar surface area (TPSA) is 31.4 Å². The van der Waals surface area contributed by atoms with Gasteiger partial charge in [-0.05, 0) is 20.0 Å². The highest BCUT2D eigenvalue weighted by atomic mass is 15.3. The summed E-state index contributed by atoms with van der Waals surface area (Å²) in [5.74, 6) is 0. The highest BCUT2D eigenvalue weighted by Gasteiger charge is 2.21. The molecule has 0 aliphatic carbocycles. The molecule has 1 aromatic heterocycles. The third kappa shape index (κ3) is 2.27. The minimum absolute atomic E-state index is 0.549. The molecule has 4 nitrogen and oxygen atoms in total. The molecule has 1 unspecified atom stereocenters. The van der Waals surface area contributed by atoms with E-state index in [1.807, 2.05) is 19.4 Å². The van der Waals surface area contributed by atoms with Crippen LogP contribution >= 0.6 is 0 Å². The van der Waals surface area contributed by atoms with Crippen LogP contribution in [0.2, 0.25) is 0 Å².